The molecule has 198 valence electrons. The third-order valence-corrected chi connectivity index (χ3v) is 8.51. The molecular weight excluding hydrogens is 524 g/mol. The molecule has 1 saturated heterocycles. The van der Waals surface area contributed by atoms with Crippen molar-refractivity contribution in [1.29, 1.82) is 0 Å². The fourth-order valence-electron chi connectivity index (χ4n) is 6.53. The number of carbonyl (C=O) groups is 2. The van der Waals surface area contributed by atoms with Crippen LogP contribution in [0.4, 0.5) is 10.1 Å². The fraction of sp³-hybridized carbons (Fsp3) is 0.333. The number of fused-ring (bicyclic) bond motifs is 2. The summed E-state index contributed by atoms with van der Waals surface area (Å²) in [6.07, 6.45) is 0.397. The van der Waals surface area contributed by atoms with Gasteiger partial charge in [-0.3, -0.25) is 14.5 Å². The van der Waals surface area contributed by atoms with E-state index in [1.807, 2.05) is 62.0 Å². The average Bonchev–Trinajstić information content (AvgIpc) is 3.14. The summed E-state index contributed by atoms with van der Waals surface area (Å²) < 4.78 is 14.7. The molecule has 0 saturated carbocycles. The van der Waals surface area contributed by atoms with Crippen molar-refractivity contribution in [3.63, 3.8) is 0 Å². The van der Waals surface area contributed by atoms with Crippen molar-refractivity contribution in [3.05, 3.63) is 98.8 Å². The Morgan fingerprint density at radius 2 is 1.82 bits per heavy atom. The molecule has 2 amide bonds. The molecule has 8 heteroatoms. The predicted octanol–water partition coefficient (Wildman–Crippen LogP) is 6.69. The van der Waals surface area contributed by atoms with E-state index in [0.717, 1.165) is 16.7 Å². The zero-order valence-corrected chi connectivity index (χ0v) is 23.3. The Balaban J connectivity index is 1.90. The summed E-state index contributed by atoms with van der Waals surface area (Å²) in [6, 6.07) is 16.5. The number of nitrogens with zero attached hydrogens (tertiary/aromatic N) is 2. The van der Waals surface area contributed by atoms with Crippen molar-refractivity contribution < 1.29 is 14.0 Å². The standard InChI is InChI=1S/C30H30Cl2FN3O2/c1-5-26(35(3)4)36-27(37)16-24(22-15-21(33)11-9-17(22)2)30(28(36)18-7-6-8-19(31)13-18)23-12-10-20(32)14-25(23)34-29(30)38/h6-15,24,26,28H,5,16H2,1-4H3,(H,34,38)/t24-,26?,28+,30-/m1/s1. The van der Waals surface area contributed by atoms with Gasteiger partial charge in [0, 0.05) is 28.1 Å². The average molecular weight is 554 g/mol. The van der Waals surface area contributed by atoms with Gasteiger partial charge in [0.1, 0.15) is 11.2 Å². The highest BCUT2D eigenvalue weighted by Crippen LogP contribution is 2.61. The van der Waals surface area contributed by atoms with Crippen LogP contribution in [-0.4, -0.2) is 41.9 Å². The maximum Gasteiger partial charge on any atom is 0.238 e. The number of hydrogen-bond acceptors (Lipinski definition) is 3. The van der Waals surface area contributed by atoms with Crippen LogP contribution in [0.3, 0.4) is 0 Å². The summed E-state index contributed by atoms with van der Waals surface area (Å²) >= 11 is 12.8. The van der Waals surface area contributed by atoms with Crippen LogP contribution in [-0.2, 0) is 15.0 Å². The Labute approximate surface area is 232 Å². The second-order valence-electron chi connectivity index (χ2n) is 10.4. The van der Waals surface area contributed by atoms with Crippen LogP contribution in [0.5, 0.6) is 0 Å². The van der Waals surface area contributed by atoms with Crippen LogP contribution < -0.4 is 5.32 Å². The van der Waals surface area contributed by atoms with Gasteiger partial charge in [-0.15, -0.1) is 0 Å². The molecule has 4 atom stereocenters. The molecule has 0 bridgehead atoms. The number of rotatable bonds is 5. The van der Waals surface area contributed by atoms with Gasteiger partial charge in [-0.05, 0) is 86.1 Å². The lowest BCUT2D eigenvalue weighted by atomic mass is 9.58. The molecule has 0 aliphatic carbocycles. The van der Waals surface area contributed by atoms with E-state index >= 15 is 0 Å². The number of hydrogen-bond donors (Lipinski definition) is 1. The summed E-state index contributed by atoms with van der Waals surface area (Å²) in [5, 5.41) is 4.06. The molecule has 0 aromatic heterocycles. The molecule has 1 unspecified atom stereocenters. The largest absolute Gasteiger partial charge is 0.325 e. The van der Waals surface area contributed by atoms with E-state index in [4.69, 9.17) is 23.2 Å². The molecule has 2 aliphatic heterocycles. The Hall–Kier alpha value is -2.93. The lowest BCUT2D eigenvalue weighted by Gasteiger charge is -2.54. The van der Waals surface area contributed by atoms with Crippen LogP contribution in [0.1, 0.15) is 54.0 Å². The fourth-order valence-corrected chi connectivity index (χ4v) is 6.90. The van der Waals surface area contributed by atoms with Crippen molar-refractivity contribution in [2.75, 3.05) is 19.4 Å². The van der Waals surface area contributed by atoms with E-state index < -0.39 is 23.2 Å². The first-order chi connectivity index (χ1) is 18.1. The summed E-state index contributed by atoms with van der Waals surface area (Å²) in [5.41, 5.74) is 2.26. The van der Waals surface area contributed by atoms with Crippen molar-refractivity contribution in [1.82, 2.24) is 9.80 Å². The maximum absolute atomic E-state index is 14.7. The van der Waals surface area contributed by atoms with E-state index in [-0.39, 0.29) is 24.4 Å². The summed E-state index contributed by atoms with van der Waals surface area (Å²) in [7, 11) is 3.85. The zero-order chi connectivity index (χ0) is 27.4. The van der Waals surface area contributed by atoms with Gasteiger partial charge < -0.3 is 10.2 Å². The third kappa shape index (κ3) is 4.10. The molecule has 1 spiro atoms. The number of likely N-dealkylation sites (tertiary alicyclic amines) is 1. The summed E-state index contributed by atoms with van der Waals surface area (Å²) in [5.74, 6) is -1.40. The van der Waals surface area contributed by atoms with Gasteiger partial charge in [0.25, 0.3) is 0 Å². The molecule has 1 N–H and O–H groups in total. The smallest absolute Gasteiger partial charge is 0.238 e. The first kappa shape index (κ1) is 26.7. The number of carbonyl (C=O) groups excluding carboxylic acids is 2. The second-order valence-corrected chi connectivity index (χ2v) is 11.3. The molecular formula is C30H30Cl2FN3O2. The van der Waals surface area contributed by atoms with Crippen LogP contribution in [0.25, 0.3) is 0 Å². The van der Waals surface area contributed by atoms with E-state index in [1.54, 1.807) is 24.3 Å². The lowest BCUT2D eigenvalue weighted by Crippen LogP contribution is -2.62. The predicted molar refractivity (Wildman–Crippen MR) is 149 cm³/mol. The second kappa shape index (κ2) is 9.99. The minimum absolute atomic E-state index is 0.0428. The molecule has 38 heavy (non-hydrogen) atoms. The SMILES string of the molecule is CCC(N(C)C)N1C(=O)C[C@H](c2cc(F)ccc2C)[C@@]2(C(=O)Nc3cc(Cl)ccc32)[C@@H]1c1cccc(Cl)c1. The van der Waals surface area contributed by atoms with Crippen LogP contribution in [0.2, 0.25) is 10.0 Å². The topological polar surface area (TPSA) is 52.7 Å². The Morgan fingerprint density at radius 3 is 2.50 bits per heavy atom. The van der Waals surface area contributed by atoms with Crippen LogP contribution >= 0.6 is 23.2 Å². The number of halogens is 3. The normalized spacial score (nSPS) is 23.6. The maximum atomic E-state index is 14.7. The number of benzene rings is 3. The molecule has 0 radical (unpaired) electrons. The van der Waals surface area contributed by atoms with Gasteiger partial charge in [0.05, 0.1) is 12.2 Å². The lowest BCUT2D eigenvalue weighted by molar-refractivity contribution is -0.154. The van der Waals surface area contributed by atoms with E-state index in [0.29, 0.717) is 27.7 Å². The molecule has 3 aromatic rings. The zero-order valence-electron chi connectivity index (χ0n) is 21.8. The van der Waals surface area contributed by atoms with Gasteiger partial charge in [0.2, 0.25) is 11.8 Å². The van der Waals surface area contributed by atoms with E-state index in [9.17, 15) is 14.0 Å². The molecule has 2 heterocycles. The minimum atomic E-state index is -1.26. The highest BCUT2D eigenvalue weighted by Gasteiger charge is 2.64. The Morgan fingerprint density at radius 1 is 1.08 bits per heavy atom. The summed E-state index contributed by atoms with van der Waals surface area (Å²) in [4.78, 5) is 32.5. The summed E-state index contributed by atoms with van der Waals surface area (Å²) in [6.45, 7) is 3.91. The van der Waals surface area contributed by atoms with E-state index in [1.165, 1.54) is 12.1 Å². The third-order valence-electron chi connectivity index (χ3n) is 8.04. The Kier molecular flexibility index (Phi) is 7.01. The number of nitrogens with one attached hydrogen (secondary N) is 1. The van der Waals surface area contributed by atoms with Crippen molar-refractivity contribution in [2.45, 2.75) is 50.2 Å². The number of amides is 2. The van der Waals surface area contributed by atoms with Gasteiger partial charge >= 0.3 is 0 Å². The molecule has 2 aliphatic rings. The van der Waals surface area contributed by atoms with Crippen molar-refractivity contribution in [2.24, 2.45) is 0 Å². The number of anilines is 1. The molecule has 1 fully saturated rings. The first-order valence-electron chi connectivity index (χ1n) is 12.7. The highest BCUT2D eigenvalue weighted by atomic mass is 35.5. The molecule has 5 nitrogen and oxygen atoms in total. The quantitative estimate of drug-likeness (QED) is 0.383. The van der Waals surface area contributed by atoms with Crippen molar-refractivity contribution >= 4 is 40.7 Å². The number of aryl methyl sites for hydroxylation is 1. The van der Waals surface area contributed by atoms with Gasteiger partial charge in [0.15, 0.2) is 0 Å². The minimum Gasteiger partial charge on any atom is -0.325 e. The number of piperidine rings is 1. The van der Waals surface area contributed by atoms with Crippen LogP contribution in [0, 0.1) is 12.7 Å². The van der Waals surface area contributed by atoms with Gasteiger partial charge in [-0.25, -0.2) is 4.39 Å². The molecule has 5 rings (SSSR count). The van der Waals surface area contributed by atoms with Crippen LogP contribution in [0.15, 0.2) is 60.7 Å². The van der Waals surface area contributed by atoms with E-state index in [2.05, 4.69) is 5.32 Å². The van der Waals surface area contributed by atoms with Crippen molar-refractivity contribution in [3.8, 4) is 0 Å². The first-order valence-corrected chi connectivity index (χ1v) is 13.5. The Bertz CT molecular complexity index is 1430. The van der Waals surface area contributed by atoms with Gasteiger partial charge in [-0.2, -0.15) is 0 Å². The molecule has 3 aromatic carbocycles. The highest BCUT2D eigenvalue weighted by molar-refractivity contribution is 6.31. The van der Waals surface area contributed by atoms with Gasteiger partial charge in [-0.1, -0.05) is 54.4 Å². The monoisotopic (exact) mass is 553 g/mol.